The Bertz CT molecular complexity index is 392. The van der Waals surface area contributed by atoms with Gasteiger partial charge in [-0.1, -0.05) is 52.0 Å². The molecule has 0 aliphatic heterocycles. The third kappa shape index (κ3) is 4.22. The van der Waals surface area contributed by atoms with Gasteiger partial charge in [-0.2, -0.15) is 0 Å². The van der Waals surface area contributed by atoms with E-state index in [1.54, 1.807) is 0 Å². The van der Waals surface area contributed by atoms with Crippen LogP contribution in [0.5, 0.6) is 0 Å². The van der Waals surface area contributed by atoms with Gasteiger partial charge in [0.1, 0.15) is 0 Å². The van der Waals surface area contributed by atoms with E-state index in [9.17, 15) is 4.79 Å². The average Bonchev–Trinajstić information content (AvgIpc) is 2.15. The van der Waals surface area contributed by atoms with E-state index < -0.39 is 5.97 Å². The molecule has 0 aliphatic carbocycles. The number of benzene rings is 1. The smallest absolute Gasteiger partial charge is 0.304 e. The second kappa shape index (κ2) is 5.35. The molecular weight excluding hydrogens is 212 g/mol. The Hall–Kier alpha value is -1.31. The predicted octanol–water partition coefficient (Wildman–Crippen LogP) is 3.64. The molecule has 0 aliphatic rings. The Balaban J connectivity index is 2.94. The molecule has 0 spiro atoms. The lowest BCUT2D eigenvalue weighted by Crippen LogP contribution is -2.21. The van der Waals surface area contributed by atoms with E-state index in [0.717, 1.165) is 12.0 Å². The summed E-state index contributed by atoms with van der Waals surface area (Å²) in [5.74, 6) is -0.128. The average molecular weight is 234 g/mol. The van der Waals surface area contributed by atoms with Gasteiger partial charge in [0, 0.05) is 5.41 Å². The predicted molar refractivity (Wildman–Crippen MR) is 70.3 cm³/mol. The van der Waals surface area contributed by atoms with Crippen molar-refractivity contribution in [1.29, 1.82) is 0 Å². The van der Waals surface area contributed by atoms with Gasteiger partial charge in [0.25, 0.3) is 0 Å². The summed E-state index contributed by atoms with van der Waals surface area (Å²) >= 11 is 0. The monoisotopic (exact) mass is 234 g/mol. The van der Waals surface area contributed by atoms with Gasteiger partial charge in [-0.15, -0.1) is 0 Å². The fourth-order valence-corrected chi connectivity index (χ4v) is 2.07. The highest BCUT2D eigenvalue weighted by atomic mass is 16.4. The second-order valence-corrected chi connectivity index (χ2v) is 5.75. The van der Waals surface area contributed by atoms with Crippen molar-refractivity contribution in [3.8, 4) is 0 Å². The van der Waals surface area contributed by atoms with Crippen molar-refractivity contribution in [3.05, 3.63) is 35.4 Å². The molecule has 0 amide bonds. The zero-order chi connectivity index (χ0) is 13.1. The minimum atomic E-state index is -0.746. The van der Waals surface area contributed by atoms with Gasteiger partial charge in [0.05, 0.1) is 6.42 Å². The van der Waals surface area contributed by atoms with Crippen molar-refractivity contribution in [2.45, 2.75) is 46.0 Å². The molecule has 1 N–H and O–H groups in total. The van der Waals surface area contributed by atoms with Crippen LogP contribution in [0.15, 0.2) is 24.3 Å². The molecule has 94 valence electrons. The minimum absolute atomic E-state index is 0.165. The molecule has 0 bridgehead atoms. The summed E-state index contributed by atoms with van der Waals surface area (Å²) in [7, 11) is 0. The van der Waals surface area contributed by atoms with Gasteiger partial charge in [-0.05, 0) is 23.5 Å². The molecule has 1 aromatic rings. The summed E-state index contributed by atoms with van der Waals surface area (Å²) in [5, 5.41) is 8.93. The summed E-state index contributed by atoms with van der Waals surface area (Å²) in [6.07, 6.45) is 1.20. The molecule has 0 saturated carbocycles. The van der Waals surface area contributed by atoms with Crippen molar-refractivity contribution in [2.24, 2.45) is 5.92 Å². The standard InChI is InChI=1S/C15H22O2/c1-11(2)8-12-6-5-7-13(9-12)15(3,4)10-14(16)17/h5-7,9,11H,8,10H2,1-4H3,(H,16,17). The Kier molecular flexibility index (Phi) is 4.33. The van der Waals surface area contributed by atoms with E-state index >= 15 is 0 Å². The lowest BCUT2D eigenvalue weighted by Gasteiger charge is -2.24. The van der Waals surface area contributed by atoms with Crippen molar-refractivity contribution in [1.82, 2.24) is 0 Å². The minimum Gasteiger partial charge on any atom is -0.481 e. The van der Waals surface area contributed by atoms with Crippen LogP contribution >= 0.6 is 0 Å². The molecule has 0 saturated heterocycles. The molecule has 0 atom stereocenters. The van der Waals surface area contributed by atoms with Crippen LogP contribution in [0, 0.1) is 5.92 Å². The van der Waals surface area contributed by atoms with E-state index in [0.29, 0.717) is 5.92 Å². The maximum Gasteiger partial charge on any atom is 0.304 e. The molecule has 0 fully saturated rings. The molecule has 0 radical (unpaired) electrons. The van der Waals surface area contributed by atoms with Crippen molar-refractivity contribution in [2.75, 3.05) is 0 Å². The van der Waals surface area contributed by atoms with Gasteiger partial charge in [-0.25, -0.2) is 0 Å². The van der Waals surface area contributed by atoms with Crippen LogP contribution in [0.2, 0.25) is 0 Å². The fraction of sp³-hybridized carbons (Fsp3) is 0.533. The van der Waals surface area contributed by atoms with Crippen LogP contribution in [0.25, 0.3) is 0 Å². The molecule has 17 heavy (non-hydrogen) atoms. The molecule has 0 heterocycles. The third-order valence-electron chi connectivity index (χ3n) is 2.95. The highest BCUT2D eigenvalue weighted by Gasteiger charge is 2.24. The summed E-state index contributed by atoms with van der Waals surface area (Å²) < 4.78 is 0. The lowest BCUT2D eigenvalue weighted by atomic mass is 9.80. The first-order valence-corrected chi connectivity index (χ1v) is 6.12. The number of hydrogen-bond acceptors (Lipinski definition) is 1. The Morgan fingerprint density at radius 1 is 1.35 bits per heavy atom. The molecule has 2 nitrogen and oxygen atoms in total. The fourth-order valence-electron chi connectivity index (χ4n) is 2.07. The number of rotatable bonds is 5. The summed E-state index contributed by atoms with van der Waals surface area (Å²) in [6.45, 7) is 8.34. The number of carboxylic acids is 1. The number of hydrogen-bond donors (Lipinski definition) is 1. The van der Waals surface area contributed by atoms with Crippen LogP contribution in [-0.4, -0.2) is 11.1 Å². The molecular formula is C15H22O2. The van der Waals surface area contributed by atoms with Gasteiger partial charge < -0.3 is 5.11 Å². The Morgan fingerprint density at radius 3 is 2.53 bits per heavy atom. The Morgan fingerprint density at radius 2 is 2.00 bits per heavy atom. The van der Waals surface area contributed by atoms with E-state index in [1.165, 1.54) is 5.56 Å². The number of aliphatic carboxylic acids is 1. The normalized spacial score (nSPS) is 11.8. The lowest BCUT2D eigenvalue weighted by molar-refractivity contribution is -0.138. The summed E-state index contributed by atoms with van der Waals surface area (Å²) in [5.41, 5.74) is 2.09. The summed E-state index contributed by atoms with van der Waals surface area (Å²) in [4.78, 5) is 10.9. The zero-order valence-corrected chi connectivity index (χ0v) is 11.2. The van der Waals surface area contributed by atoms with Crippen LogP contribution in [-0.2, 0) is 16.6 Å². The van der Waals surface area contributed by atoms with Crippen LogP contribution in [0.3, 0.4) is 0 Å². The van der Waals surface area contributed by atoms with E-state index in [2.05, 4.69) is 26.0 Å². The van der Waals surface area contributed by atoms with Crippen molar-refractivity contribution in [3.63, 3.8) is 0 Å². The van der Waals surface area contributed by atoms with Crippen LogP contribution < -0.4 is 0 Å². The molecule has 0 unspecified atom stereocenters. The molecule has 0 aromatic heterocycles. The molecule has 1 aromatic carbocycles. The number of carboxylic acid groups (broad SMARTS) is 1. The van der Waals surface area contributed by atoms with Gasteiger partial charge >= 0.3 is 5.97 Å². The molecule has 2 heteroatoms. The third-order valence-corrected chi connectivity index (χ3v) is 2.95. The second-order valence-electron chi connectivity index (χ2n) is 5.75. The zero-order valence-electron chi connectivity index (χ0n) is 11.2. The SMILES string of the molecule is CC(C)Cc1cccc(C(C)(C)CC(=O)O)c1. The first-order chi connectivity index (χ1) is 7.81. The van der Waals surface area contributed by atoms with Crippen LogP contribution in [0.1, 0.15) is 45.2 Å². The van der Waals surface area contributed by atoms with Gasteiger partial charge in [0.15, 0.2) is 0 Å². The summed E-state index contributed by atoms with van der Waals surface area (Å²) in [6, 6.07) is 8.30. The largest absolute Gasteiger partial charge is 0.481 e. The molecule has 1 rings (SSSR count). The van der Waals surface area contributed by atoms with Gasteiger partial charge in [-0.3, -0.25) is 4.79 Å². The highest BCUT2D eigenvalue weighted by Crippen LogP contribution is 2.28. The number of carbonyl (C=O) groups is 1. The maximum atomic E-state index is 10.9. The Labute approximate surface area is 104 Å². The van der Waals surface area contributed by atoms with Crippen molar-refractivity contribution >= 4 is 5.97 Å². The quantitative estimate of drug-likeness (QED) is 0.844. The highest BCUT2D eigenvalue weighted by molar-refractivity contribution is 5.68. The maximum absolute atomic E-state index is 10.9. The van der Waals surface area contributed by atoms with E-state index in [-0.39, 0.29) is 11.8 Å². The topological polar surface area (TPSA) is 37.3 Å². The van der Waals surface area contributed by atoms with Crippen LogP contribution in [0.4, 0.5) is 0 Å². The van der Waals surface area contributed by atoms with E-state index in [4.69, 9.17) is 5.11 Å². The van der Waals surface area contributed by atoms with Gasteiger partial charge in [0.2, 0.25) is 0 Å². The van der Waals surface area contributed by atoms with Crippen molar-refractivity contribution < 1.29 is 9.90 Å². The first-order valence-electron chi connectivity index (χ1n) is 6.12. The first kappa shape index (κ1) is 13.8. The van der Waals surface area contributed by atoms with E-state index in [1.807, 2.05) is 26.0 Å².